The maximum atomic E-state index is 12.8. The molecule has 1 atom stereocenters. The van der Waals surface area contributed by atoms with Crippen LogP contribution in [0.3, 0.4) is 0 Å². The number of fused-ring (bicyclic) bond motifs is 1. The first-order valence-electron chi connectivity index (χ1n) is 8.91. The maximum absolute atomic E-state index is 12.8. The molecule has 1 aromatic carbocycles. The first-order chi connectivity index (χ1) is 12.8. The lowest BCUT2D eigenvalue weighted by atomic mass is 10.1. The third kappa shape index (κ3) is 4.16. The highest BCUT2D eigenvalue weighted by Gasteiger charge is 2.24. The SMILES string of the molecule is CC(NC(=O)c1nc(C(=O)NC(C)(C)C)n2ccccc12)c1ccccc1. The summed E-state index contributed by atoms with van der Waals surface area (Å²) in [6.45, 7) is 7.61. The van der Waals surface area contributed by atoms with Crippen molar-refractivity contribution in [3.8, 4) is 0 Å². The van der Waals surface area contributed by atoms with Gasteiger partial charge in [0.15, 0.2) is 5.69 Å². The van der Waals surface area contributed by atoms with E-state index in [9.17, 15) is 9.59 Å². The minimum Gasteiger partial charge on any atom is -0.345 e. The number of hydrogen-bond donors (Lipinski definition) is 2. The number of carbonyl (C=O) groups is 2. The normalized spacial score (nSPS) is 12.6. The van der Waals surface area contributed by atoms with Gasteiger partial charge in [0.1, 0.15) is 0 Å². The summed E-state index contributed by atoms with van der Waals surface area (Å²) in [4.78, 5) is 29.8. The number of amides is 2. The Bertz CT molecular complexity index is 971. The molecule has 0 spiro atoms. The van der Waals surface area contributed by atoms with Gasteiger partial charge in [0.05, 0.1) is 11.6 Å². The van der Waals surface area contributed by atoms with Crippen LogP contribution < -0.4 is 10.6 Å². The molecule has 2 N–H and O–H groups in total. The molecule has 0 aliphatic carbocycles. The predicted molar refractivity (Wildman–Crippen MR) is 105 cm³/mol. The average molecular weight is 364 g/mol. The zero-order valence-corrected chi connectivity index (χ0v) is 16.0. The molecule has 0 fully saturated rings. The highest BCUT2D eigenvalue weighted by molar-refractivity contribution is 6.02. The molecule has 2 amide bonds. The molecular weight excluding hydrogens is 340 g/mol. The quantitative estimate of drug-likeness (QED) is 0.745. The van der Waals surface area contributed by atoms with E-state index in [-0.39, 0.29) is 29.4 Å². The van der Waals surface area contributed by atoms with Crippen LogP contribution in [0.4, 0.5) is 0 Å². The van der Waals surface area contributed by atoms with Gasteiger partial charge in [0.2, 0.25) is 5.82 Å². The second-order valence-corrected chi connectivity index (χ2v) is 7.55. The Morgan fingerprint density at radius 1 is 1.00 bits per heavy atom. The summed E-state index contributed by atoms with van der Waals surface area (Å²) in [6.07, 6.45) is 1.73. The zero-order chi connectivity index (χ0) is 19.6. The van der Waals surface area contributed by atoms with Crippen molar-refractivity contribution in [3.63, 3.8) is 0 Å². The van der Waals surface area contributed by atoms with Crippen molar-refractivity contribution in [1.29, 1.82) is 0 Å². The number of imidazole rings is 1. The van der Waals surface area contributed by atoms with Crippen molar-refractivity contribution >= 4 is 17.3 Å². The minimum absolute atomic E-state index is 0.175. The Labute approximate surface area is 158 Å². The molecule has 2 heterocycles. The van der Waals surface area contributed by atoms with Crippen LogP contribution in [0.15, 0.2) is 54.7 Å². The van der Waals surface area contributed by atoms with Crippen molar-refractivity contribution in [2.45, 2.75) is 39.3 Å². The summed E-state index contributed by atoms with van der Waals surface area (Å²) in [5, 5.41) is 5.85. The van der Waals surface area contributed by atoms with Gasteiger partial charge in [-0.05, 0) is 45.4 Å². The van der Waals surface area contributed by atoms with E-state index in [4.69, 9.17) is 0 Å². The molecule has 140 valence electrons. The molecule has 0 bridgehead atoms. The van der Waals surface area contributed by atoms with Gasteiger partial charge in [-0.25, -0.2) is 4.98 Å². The molecule has 3 rings (SSSR count). The molecule has 0 aliphatic heterocycles. The third-order valence-corrected chi connectivity index (χ3v) is 4.10. The van der Waals surface area contributed by atoms with Crippen molar-refractivity contribution in [2.75, 3.05) is 0 Å². The van der Waals surface area contributed by atoms with E-state index in [0.717, 1.165) is 5.56 Å². The zero-order valence-electron chi connectivity index (χ0n) is 16.0. The van der Waals surface area contributed by atoms with Gasteiger partial charge in [0.25, 0.3) is 11.8 Å². The number of nitrogens with one attached hydrogen (secondary N) is 2. The molecule has 6 nitrogen and oxygen atoms in total. The highest BCUT2D eigenvalue weighted by Crippen LogP contribution is 2.17. The van der Waals surface area contributed by atoms with E-state index in [1.54, 1.807) is 22.7 Å². The number of benzene rings is 1. The number of rotatable bonds is 4. The molecule has 0 aliphatic rings. The standard InChI is InChI=1S/C21H24N4O2/c1-14(15-10-6-5-7-11-15)22-19(26)17-16-12-8-9-13-25(16)18(23-17)20(27)24-21(2,3)4/h5-14H,1-4H3,(H,22,26)(H,24,27). The highest BCUT2D eigenvalue weighted by atomic mass is 16.2. The topological polar surface area (TPSA) is 75.5 Å². The van der Waals surface area contributed by atoms with E-state index >= 15 is 0 Å². The van der Waals surface area contributed by atoms with Crippen LogP contribution in [0.5, 0.6) is 0 Å². The molecule has 0 radical (unpaired) electrons. The number of pyridine rings is 1. The van der Waals surface area contributed by atoms with Crippen LogP contribution in [0.2, 0.25) is 0 Å². The second-order valence-electron chi connectivity index (χ2n) is 7.55. The van der Waals surface area contributed by atoms with E-state index in [0.29, 0.717) is 5.52 Å². The lowest BCUT2D eigenvalue weighted by Crippen LogP contribution is -2.41. The summed E-state index contributed by atoms with van der Waals surface area (Å²) < 4.78 is 1.64. The molecule has 0 saturated carbocycles. The van der Waals surface area contributed by atoms with Crippen molar-refractivity contribution in [3.05, 3.63) is 71.8 Å². The monoisotopic (exact) mass is 364 g/mol. The van der Waals surface area contributed by atoms with Gasteiger partial charge < -0.3 is 10.6 Å². The first-order valence-corrected chi connectivity index (χ1v) is 8.91. The van der Waals surface area contributed by atoms with Crippen LogP contribution >= 0.6 is 0 Å². The number of carbonyl (C=O) groups excluding carboxylic acids is 2. The Hall–Kier alpha value is -3.15. The van der Waals surface area contributed by atoms with Crippen LogP contribution in [0.25, 0.3) is 5.52 Å². The fourth-order valence-corrected chi connectivity index (χ4v) is 2.85. The Balaban J connectivity index is 1.93. The fourth-order valence-electron chi connectivity index (χ4n) is 2.85. The molecule has 1 unspecified atom stereocenters. The summed E-state index contributed by atoms with van der Waals surface area (Å²) >= 11 is 0. The van der Waals surface area contributed by atoms with E-state index in [1.165, 1.54) is 0 Å². The first kappa shape index (κ1) is 18.6. The van der Waals surface area contributed by atoms with Crippen LogP contribution in [0, 0.1) is 0 Å². The van der Waals surface area contributed by atoms with Gasteiger partial charge >= 0.3 is 0 Å². The summed E-state index contributed by atoms with van der Waals surface area (Å²) in [6, 6.07) is 14.9. The average Bonchev–Trinajstić information content (AvgIpc) is 3.01. The van der Waals surface area contributed by atoms with Crippen molar-refractivity contribution in [2.24, 2.45) is 0 Å². The molecule has 3 aromatic rings. The van der Waals surface area contributed by atoms with Crippen molar-refractivity contribution < 1.29 is 9.59 Å². The van der Waals surface area contributed by atoms with Gasteiger partial charge in [0, 0.05) is 11.7 Å². The number of hydrogen-bond acceptors (Lipinski definition) is 3. The number of aromatic nitrogens is 2. The summed E-state index contributed by atoms with van der Waals surface area (Å²) in [5.74, 6) is -0.443. The Morgan fingerprint density at radius 3 is 2.33 bits per heavy atom. The lowest BCUT2D eigenvalue weighted by molar-refractivity contribution is 0.0908. The Morgan fingerprint density at radius 2 is 1.67 bits per heavy atom. The lowest BCUT2D eigenvalue weighted by Gasteiger charge is -2.19. The van der Waals surface area contributed by atoms with Crippen LogP contribution in [-0.4, -0.2) is 26.7 Å². The van der Waals surface area contributed by atoms with Gasteiger partial charge in [-0.2, -0.15) is 0 Å². The van der Waals surface area contributed by atoms with Crippen LogP contribution in [0.1, 0.15) is 60.4 Å². The summed E-state index contributed by atoms with van der Waals surface area (Å²) in [7, 11) is 0. The van der Waals surface area contributed by atoms with E-state index in [1.807, 2.05) is 64.1 Å². The smallest absolute Gasteiger partial charge is 0.288 e. The van der Waals surface area contributed by atoms with Gasteiger partial charge in [-0.15, -0.1) is 0 Å². The van der Waals surface area contributed by atoms with E-state index in [2.05, 4.69) is 15.6 Å². The van der Waals surface area contributed by atoms with Crippen LogP contribution in [-0.2, 0) is 0 Å². The molecule has 27 heavy (non-hydrogen) atoms. The minimum atomic E-state index is -0.401. The largest absolute Gasteiger partial charge is 0.345 e. The van der Waals surface area contributed by atoms with Crippen molar-refractivity contribution in [1.82, 2.24) is 20.0 Å². The molecule has 0 saturated heterocycles. The van der Waals surface area contributed by atoms with Gasteiger partial charge in [-0.1, -0.05) is 36.4 Å². The second kappa shape index (κ2) is 7.23. The fraction of sp³-hybridized carbons (Fsp3) is 0.286. The van der Waals surface area contributed by atoms with Gasteiger partial charge in [-0.3, -0.25) is 14.0 Å². The Kier molecular flexibility index (Phi) is 4.99. The maximum Gasteiger partial charge on any atom is 0.288 e. The van der Waals surface area contributed by atoms with E-state index < -0.39 is 5.54 Å². The predicted octanol–water partition coefficient (Wildman–Crippen LogP) is 3.35. The number of nitrogens with zero attached hydrogens (tertiary/aromatic N) is 2. The third-order valence-electron chi connectivity index (χ3n) is 4.10. The molecule has 6 heteroatoms. The summed E-state index contributed by atoms with van der Waals surface area (Å²) in [5.41, 5.74) is 1.42. The molecule has 2 aromatic heterocycles. The molecular formula is C21H24N4O2.